The van der Waals surface area contributed by atoms with Gasteiger partial charge in [0.2, 0.25) is 0 Å². The SMILES string of the molecule is Cc1c(Br)ccc2c1C(Br)CC2=O. The minimum absolute atomic E-state index is 0.201. The highest BCUT2D eigenvalue weighted by atomic mass is 79.9. The van der Waals surface area contributed by atoms with Gasteiger partial charge in [0, 0.05) is 21.3 Å². The van der Waals surface area contributed by atoms with Crippen LogP contribution >= 0.6 is 31.9 Å². The van der Waals surface area contributed by atoms with E-state index in [4.69, 9.17) is 0 Å². The largest absolute Gasteiger partial charge is 0.294 e. The predicted molar refractivity (Wildman–Crippen MR) is 59.5 cm³/mol. The molecule has 3 heteroatoms. The number of benzene rings is 1. The van der Waals surface area contributed by atoms with E-state index >= 15 is 0 Å². The molecule has 1 nitrogen and oxygen atoms in total. The van der Waals surface area contributed by atoms with Gasteiger partial charge in [0.1, 0.15) is 0 Å². The van der Waals surface area contributed by atoms with Gasteiger partial charge in [-0.15, -0.1) is 0 Å². The Balaban J connectivity index is 2.70. The van der Waals surface area contributed by atoms with Gasteiger partial charge in [0.05, 0.1) is 0 Å². The zero-order valence-electron chi connectivity index (χ0n) is 7.10. The van der Waals surface area contributed by atoms with E-state index in [2.05, 4.69) is 31.9 Å². The summed E-state index contributed by atoms with van der Waals surface area (Å²) >= 11 is 6.98. The van der Waals surface area contributed by atoms with E-state index < -0.39 is 0 Å². The average molecular weight is 304 g/mol. The molecule has 1 aliphatic carbocycles. The lowest BCUT2D eigenvalue weighted by molar-refractivity contribution is 0.0994. The van der Waals surface area contributed by atoms with Crippen LogP contribution in [0.5, 0.6) is 0 Å². The Morgan fingerprint density at radius 3 is 2.85 bits per heavy atom. The molecule has 0 N–H and O–H groups in total. The molecule has 1 aliphatic rings. The van der Waals surface area contributed by atoms with Crippen LogP contribution in [0, 0.1) is 6.92 Å². The van der Waals surface area contributed by atoms with Crippen molar-refractivity contribution < 1.29 is 4.79 Å². The lowest BCUT2D eigenvalue weighted by Gasteiger charge is -2.07. The Bertz CT molecular complexity index is 385. The predicted octanol–water partition coefficient (Wildman–Crippen LogP) is 3.78. The maximum absolute atomic E-state index is 11.5. The van der Waals surface area contributed by atoms with Crippen molar-refractivity contribution in [2.24, 2.45) is 0 Å². The summed E-state index contributed by atoms with van der Waals surface area (Å²) in [6.45, 7) is 2.04. The third-order valence-electron chi connectivity index (χ3n) is 2.43. The summed E-state index contributed by atoms with van der Waals surface area (Å²) in [5.41, 5.74) is 3.20. The van der Waals surface area contributed by atoms with Crippen LogP contribution in [-0.2, 0) is 0 Å². The highest BCUT2D eigenvalue weighted by Gasteiger charge is 2.29. The molecule has 68 valence electrons. The van der Waals surface area contributed by atoms with Gasteiger partial charge in [-0.3, -0.25) is 4.79 Å². The van der Waals surface area contributed by atoms with Gasteiger partial charge in [0.15, 0.2) is 5.78 Å². The van der Waals surface area contributed by atoms with Crippen LogP contribution in [-0.4, -0.2) is 5.78 Å². The van der Waals surface area contributed by atoms with Crippen molar-refractivity contribution in [2.45, 2.75) is 18.2 Å². The van der Waals surface area contributed by atoms with E-state index in [1.165, 1.54) is 5.56 Å². The minimum Gasteiger partial charge on any atom is -0.294 e. The Labute approximate surface area is 93.8 Å². The zero-order chi connectivity index (χ0) is 9.59. The molecule has 2 rings (SSSR count). The Kier molecular flexibility index (Phi) is 2.32. The molecule has 0 aromatic heterocycles. The molecular weight excluding hydrogens is 296 g/mol. The molecule has 0 radical (unpaired) electrons. The number of hydrogen-bond acceptors (Lipinski definition) is 1. The van der Waals surface area contributed by atoms with Gasteiger partial charge in [0.25, 0.3) is 0 Å². The summed E-state index contributed by atoms with van der Waals surface area (Å²) in [5.74, 6) is 0.243. The minimum atomic E-state index is 0.201. The maximum Gasteiger partial charge on any atom is 0.164 e. The van der Waals surface area contributed by atoms with Crippen molar-refractivity contribution in [1.29, 1.82) is 0 Å². The van der Waals surface area contributed by atoms with Crippen LogP contribution in [0.2, 0.25) is 0 Å². The fourth-order valence-electron chi connectivity index (χ4n) is 1.72. The molecule has 1 atom stereocenters. The molecule has 0 aliphatic heterocycles. The lowest BCUT2D eigenvalue weighted by atomic mass is 10.0. The van der Waals surface area contributed by atoms with Gasteiger partial charge in [-0.05, 0) is 30.2 Å². The highest BCUT2D eigenvalue weighted by molar-refractivity contribution is 9.10. The number of halogens is 2. The van der Waals surface area contributed by atoms with Crippen molar-refractivity contribution in [2.75, 3.05) is 0 Å². The van der Waals surface area contributed by atoms with E-state index in [1.807, 2.05) is 19.1 Å². The molecule has 0 bridgehead atoms. The number of rotatable bonds is 0. The van der Waals surface area contributed by atoms with Crippen molar-refractivity contribution in [3.05, 3.63) is 33.3 Å². The van der Waals surface area contributed by atoms with Crippen LogP contribution in [0.15, 0.2) is 16.6 Å². The van der Waals surface area contributed by atoms with E-state index in [-0.39, 0.29) is 10.6 Å². The Hall–Kier alpha value is -0.150. The number of carbonyl (C=O) groups is 1. The first-order valence-electron chi connectivity index (χ1n) is 4.07. The maximum atomic E-state index is 11.5. The number of ketones is 1. The third kappa shape index (κ3) is 1.38. The van der Waals surface area contributed by atoms with Crippen LogP contribution in [0.1, 0.15) is 32.7 Å². The number of hydrogen-bond donors (Lipinski definition) is 0. The molecule has 0 spiro atoms. The van der Waals surface area contributed by atoms with Crippen molar-refractivity contribution in [3.63, 3.8) is 0 Å². The first kappa shape index (κ1) is 9.41. The number of fused-ring (bicyclic) bond motifs is 1. The molecule has 1 aromatic rings. The summed E-state index contributed by atoms with van der Waals surface area (Å²) < 4.78 is 1.07. The molecule has 0 fully saturated rings. The Morgan fingerprint density at radius 1 is 1.46 bits per heavy atom. The van der Waals surface area contributed by atoms with E-state index in [0.29, 0.717) is 6.42 Å². The molecular formula is C10H8Br2O. The summed E-state index contributed by atoms with van der Waals surface area (Å²) in [6.07, 6.45) is 0.590. The van der Waals surface area contributed by atoms with E-state index in [0.717, 1.165) is 15.6 Å². The van der Waals surface area contributed by atoms with Crippen LogP contribution in [0.4, 0.5) is 0 Å². The van der Waals surface area contributed by atoms with E-state index in [9.17, 15) is 4.79 Å². The smallest absolute Gasteiger partial charge is 0.164 e. The molecule has 0 saturated heterocycles. The number of carbonyl (C=O) groups excluding carboxylic acids is 1. The molecule has 0 saturated carbocycles. The van der Waals surface area contributed by atoms with Crippen molar-refractivity contribution >= 4 is 37.6 Å². The lowest BCUT2D eigenvalue weighted by Crippen LogP contribution is -1.92. The van der Waals surface area contributed by atoms with E-state index in [1.54, 1.807) is 0 Å². The number of alkyl halides is 1. The molecule has 13 heavy (non-hydrogen) atoms. The van der Waals surface area contributed by atoms with Crippen LogP contribution in [0.25, 0.3) is 0 Å². The molecule has 1 unspecified atom stereocenters. The second-order valence-electron chi connectivity index (χ2n) is 3.23. The second-order valence-corrected chi connectivity index (χ2v) is 5.19. The first-order chi connectivity index (χ1) is 6.11. The summed E-state index contributed by atoms with van der Waals surface area (Å²) in [6, 6.07) is 3.84. The summed E-state index contributed by atoms with van der Waals surface area (Å²) in [7, 11) is 0. The van der Waals surface area contributed by atoms with Crippen LogP contribution in [0.3, 0.4) is 0 Å². The van der Waals surface area contributed by atoms with Gasteiger partial charge < -0.3 is 0 Å². The van der Waals surface area contributed by atoms with Crippen molar-refractivity contribution in [3.8, 4) is 0 Å². The zero-order valence-corrected chi connectivity index (χ0v) is 10.3. The normalized spacial score (nSPS) is 20.5. The molecule has 0 heterocycles. The average Bonchev–Trinajstić information content (AvgIpc) is 2.35. The van der Waals surface area contributed by atoms with Gasteiger partial charge in [-0.1, -0.05) is 31.9 Å². The monoisotopic (exact) mass is 302 g/mol. The first-order valence-corrected chi connectivity index (χ1v) is 5.78. The van der Waals surface area contributed by atoms with Gasteiger partial charge >= 0.3 is 0 Å². The van der Waals surface area contributed by atoms with Crippen molar-refractivity contribution in [1.82, 2.24) is 0 Å². The van der Waals surface area contributed by atoms with Crippen LogP contribution < -0.4 is 0 Å². The standard InChI is InChI=1S/C10H8Br2O/c1-5-7(11)3-2-6-9(13)4-8(12)10(5)6/h2-3,8H,4H2,1H3. The fraction of sp³-hybridized carbons (Fsp3) is 0.300. The van der Waals surface area contributed by atoms with Gasteiger partial charge in [-0.2, -0.15) is 0 Å². The second kappa shape index (κ2) is 3.21. The summed E-state index contributed by atoms with van der Waals surface area (Å²) in [4.78, 5) is 11.7. The molecule has 1 aromatic carbocycles. The number of Topliss-reactive ketones (excluding diaryl/α,β-unsaturated/α-hetero) is 1. The fourth-order valence-corrected chi connectivity index (χ4v) is 2.95. The highest BCUT2D eigenvalue weighted by Crippen LogP contribution is 2.41. The Morgan fingerprint density at radius 2 is 2.15 bits per heavy atom. The third-order valence-corrected chi connectivity index (χ3v) is 4.07. The van der Waals surface area contributed by atoms with Gasteiger partial charge in [-0.25, -0.2) is 0 Å². The quantitative estimate of drug-likeness (QED) is 0.667. The molecule has 0 amide bonds. The topological polar surface area (TPSA) is 17.1 Å². The summed E-state index contributed by atoms with van der Waals surface area (Å²) in [5, 5.41) is 0.